The summed E-state index contributed by atoms with van der Waals surface area (Å²) < 4.78 is 25.9. The maximum absolute atomic E-state index is 13.1. The van der Waals surface area contributed by atoms with Gasteiger partial charge in [0.25, 0.3) is 0 Å². The zero-order chi connectivity index (χ0) is 12.4. The molecule has 0 heterocycles. The van der Waals surface area contributed by atoms with Crippen molar-refractivity contribution in [2.75, 3.05) is 0 Å². The largest absolute Gasteiger partial charge is 0.391 e. The number of nitrogens with two attached hydrogens (primary N) is 1. The normalized spacial score (nSPS) is 20.5. The van der Waals surface area contributed by atoms with E-state index in [0.29, 0.717) is 5.56 Å². The molecule has 1 saturated carbocycles. The van der Waals surface area contributed by atoms with E-state index >= 15 is 0 Å². The molecule has 1 aromatic carbocycles. The summed E-state index contributed by atoms with van der Waals surface area (Å²) in [6, 6.07) is 2.90. The summed E-state index contributed by atoms with van der Waals surface area (Å²) in [5, 5.41) is 10.1. The van der Waals surface area contributed by atoms with E-state index in [0.717, 1.165) is 37.8 Å². The highest BCUT2D eigenvalue weighted by Crippen LogP contribution is 2.32. The Morgan fingerprint density at radius 2 is 1.82 bits per heavy atom. The summed E-state index contributed by atoms with van der Waals surface area (Å²) in [5.74, 6) is -1.63. The van der Waals surface area contributed by atoms with Gasteiger partial charge in [-0.2, -0.15) is 0 Å². The van der Waals surface area contributed by atoms with E-state index in [-0.39, 0.29) is 5.92 Å². The molecule has 0 saturated heterocycles. The van der Waals surface area contributed by atoms with Crippen LogP contribution in [0.15, 0.2) is 18.2 Å². The SMILES string of the molecule is N[C@H](c1ccc(F)c(F)c1)[C@@H](O)C1CCCC1. The Morgan fingerprint density at radius 3 is 2.41 bits per heavy atom. The Labute approximate surface area is 99.4 Å². The van der Waals surface area contributed by atoms with Gasteiger partial charge >= 0.3 is 0 Å². The fourth-order valence-corrected chi connectivity index (χ4v) is 2.51. The second kappa shape index (κ2) is 5.10. The molecule has 2 nitrogen and oxygen atoms in total. The highest BCUT2D eigenvalue weighted by molar-refractivity contribution is 5.22. The molecule has 1 fully saturated rings. The van der Waals surface area contributed by atoms with Crippen LogP contribution in [0.3, 0.4) is 0 Å². The number of aliphatic hydroxyl groups excluding tert-OH is 1. The van der Waals surface area contributed by atoms with Crippen LogP contribution in [0, 0.1) is 17.6 Å². The van der Waals surface area contributed by atoms with Crippen molar-refractivity contribution in [3.05, 3.63) is 35.4 Å². The molecule has 0 amide bonds. The van der Waals surface area contributed by atoms with Crippen molar-refractivity contribution >= 4 is 0 Å². The highest BCUT2D eigenvalue weighted by atomic mass is 19.2. The number of hydrogen-bond donors (Lipinski definition) is 2. The molecule has 0 aromatic heterocycles. The van der Waals surface area contributed by atoms with E-state index < -0.39 is 23.8 Å². The van der Waals surface area contributed by atoms with Gasteiger partial charge in [0.2, 0.25) is 0 Å². The summed E-state index contributed by atoms with van der Waals surface area (Å²) in [4.78, 5) is 0. The third-order valence-corrected chi connectivity index (χ3v) is 3.58. The first-order chi connectivity index (χ1) is 8.09. The molecule has 1 aliphatic carbocycles. The summed E-state index contributed by atoms with van der Waals surface area (Å²) in [7, 11) is 0. The molecule has 0 spiro atoms. The standard InChI is InChI=1S/C13H17F2NO/c14-10-6-5-9(7-11(10)15)12(16)13(17)8-3-1-2-4-8/h5-8,12-13,17H,1-4,16H2/t12-,13+/m1/s1. The van der Waals surface area contributed by atoms with Gasteiger partial charge in [-0.3, -0.25) is 0 Å². The molecule has 94 valence electrons. The van der Waals surface area contributed by atoms with Gasteiger partial charge in [0.1, 0.15) is 0 Å². The van der Waals surface area contributed by atoms with Gasteiger partial charge < -0.3 is 10.8 Å². The zero-order valence-corrected chi connectivity index (χ0v) is 9.57. The van der Waals surface area contributed by atoms with Crippen LogP contribution < -0.4 is 5.73 Å². The monoisotopic (exact) mass is 241 g/mol. The van der Waals surface area contributed by atoms with E-state index in [1.807, 2.05) is 0 Å². The highest BCUT2D eigenvalue weighted by Gasteiger charge is 2.29. The second-order valence-electron chi connectivity index (χ2n) is 4.73. The van der Waals surface area contributed by atoms with Gasteiger partial charge in [0.05, 0.1) is 12.1 Å². The number of aliphatic hydroxyl groups is 1. The van der Waals surface area contributed by atoms with Crippen molar-refractivity contribution in [2.24, 2.45) is 11.7 Å². The first-order valence-corrected chi connectivity index (χ1v) is 5.98. The predicted octanol–water partition coefficient (Wildman–Crippen LogP) is 2.52. The Hall–Kier alpha value is -1.00. The van der Waals surface area contributed by atoms with E-state index in [1.165, 1.54) is 6.07 Å². The minimum Gasteiger partial charge on any atom is -0.391 e. The molecular formula is C13H17F2NO. The van der Waals surface area contributed by atoms with Gasteiger partial charge in [-0.1, -0.05) is 18.9 Å². The van der Waals surface area contributed by atoms with Crippen LogP contribution in [0.1, 0.15) is 37.3 Å². The average molecular weight is 241 g/mol. The van der Waals surface area contributed by atoms with Crippen LogP contribution in [0.25, 0.3) is 0 Å². The van der Waals surface area contributed by atoms with E-state index in [4.69, 9.17) is 5.73 Å². The van der Waals surface area contributed by atoms with Gasteiger partial charge in [0, 0.05) is 0 Å². The number of hydrogen-bond acceptors (Lipinski definition) is 2. The van der Waals surface area contributed by atoms with E-state index in [9.17, 15) is 13.9 Å². The molecule has 0 radical (unpaired) electrons. The minimum absolute atomic E-state index is 0.179. The molecule has 4 heteroatoms. The Bertz CT molecular complexity index is 391. The molecule has 0 bridgehead atoms. The second-order valence-corrected chi connectivity index (χ2v) is 4.73. The maximum atomic E-state index is 13.1. The number of rotatable bonds is 3. The Balaban J connectivity index is 2.12. The Morgan fingerprint density at radius 1 is 1.18 bits per heavy atom. The summed E-state index contributed by atoms with van der Waals surface area (Å²) in [6.07, 6.45) is 3.44. The molecule has 3 N–H and O–H groups in total. The van der Waals surface area contributed by atoms with Crippen LogP contribution in [0.4, 0.5) is 8.78 Å². The molecule has 0 aliphatic heterocycles. The third kappa shape index (κ3) is 2.64. The van der Waals surface area contributed by atoms with Crippen LogP contribution in [-0.4, -0.2) is 11.2 Å². The van der Waals surface area contributed by atoms with Crippen LogP contribution in [0.2, 0.25) is 0 Å². The molecular weight excluding hydrogens is 224 g/mol. The van der Waals surface area contributed by atoms with Crippen LogP contribution in [-0.2, 0) is 0 Å². The van der Waals surface area contributed by atoms with Crippen LogP contribution >= 0.6 is 0 Å². The number of benzene rings is 1. The number of halogens is 2. The van der Waals surface area contributed by atoms with Crippen molar-refractivity contribution in [1.82, 2.24) is 0 Å². The smallest absolute Gasteiger partial charge is 0.159 e. The minimum atomic E-state index is -0.920. The first-order valence-electron chi connectivity index (χ1n) is 5.98. The summed E-state index contributed by atoms with van der Waals surface area (Å²) >= 11 is 0. The van der Waals surface area contributed by atoms with E-state index in [2.05, 4.69) is 0 Å². The molecule has 2 atom stereocenters. The molecule has 1 aromatic rings. The lowest BCUT2D eigenvalue weighted by atomic mass is 9.91. The molecule has 1 aliphatic rings. The lowest BCUT2D eigenvalue weighted by Crippen LogP contribution is -2.32. The van der Waals surface area contributed by atoms with Crippen LogP contribution in [0.5, 0.6) is 0 Å². The zero-order valence-electron chi connectivity index (χ0n) is 9.57. The molecule has 2 rings (SSSR count). The topological polar surface area (TPSA) is 46.2 Å². The van der Waals surface area contributed by atoms with Gasteiger partial charge in [-0.15, -0.1) is 0 Å². The van der Waals surface area contributed by atoms with Gasteiger partial charge in [-0.05, 0) is 36.5 Å². The fraction of sp³-hybridized carbons (Fsp3) is 0.538. The van der Waals surface area contributed by atoms with Crippen molar-refractivity contribution in [1.29, 1.82) is 0 Å². The first kappa shape index (κ1) is 12.5. The third-order valence-electron chi connectivity index (χ3n) is 3.58. The molecule has 17 heavy (non-hydrogen) atoms. The maximum Gasteiger partial charge on any atom is 0.159 e. The lowest BCUT2D eigenvalue weighted by molar-refractivity contribution is 0.0843. The lowest BCUT2D eigenvalue weighted by Gasteiger charge is -2.24. The van der Waals surface area contributed by atoms with Crippen molar-refractivity contribution in [2.45, 2.75) is 37.8 Å². The molecule has 0 unspecified atom stereocenters. The Kier molecular flexibility index (Phi) is 3.74. The van der Waals surface area contributed by atoms with Crippen molar-refractivity contribution in [3.63, 3.8) is 0 Å². The predicted molar refractivity (Wildman–Crippen MR) is 61.3 cm³/mol. The fourth-order valence-electron chi connectivity index (χ4n) is 2.51. The summed E-state index contributed by atoms with van der Waals surface area (Å²) in [6.45, 7) is 0. The van der Waals surface area contributed by atoms with Gasteiger partial charge in [-0.25, -0.2) is 8.78 Å². The summed E-state index contributed by atoms with van der Waals surface area (Å²) in [5.41, 5.74) is 6.35. The van der Waals surface area contributed by atoms with Gasteiger partial charge in [0.15, 0.2) is 11.6 Å². The van der Waals surface area contributed by atoms with Crippen molar-refractivity contribution in [3.8, 4) is 0 Å². The average Bonchev–Trinajstić information content (AvgIpc) is 2.84. The van der Waals surface area contributed by atoms with Crippen molar-refractivity contribution < 1.29 is 13.9 Å². The van der Waals surface area contributed by atoms with E-state index in [1.54, 1.807) is 0 Å². The quantitative estimate of drug-likeness (QED) is 0.854.